The highest BCUT2D eigenvalue weighted by molar-refractivity contribution is 6.01. The van der Waals surface area contributed by atoms with Crippen molar-refractivity contribution in [1.82, 2.24) is 4.90 Å². The lowest BCUT2D eigenvalue weighted by Crippen LogP contribution is -2.32. The summed E-state index contributed by atoms with van der Waals surface area (Å²) in [6.45, 7) is 16.2. The molecule has 0 aromatic heterocycles. The Kier molecular flexibility index (Phi) is 18.9. The van der Waals surface area contributed by atoms with E-state index in [0.29, 0.717) is 50.6 Å². The van der Waals surface area contributed by atoms with Gasteiger partial charge < -0.3 is 19.3 Å². The van der Waals surface area contributed by atoms with Crippen LogP contribution in [0.25, 0.3) is 0 Å². The quantitative estimate of drug-likeness (QED) is 0.125. The summed E-state index contributed by atoms with van der Waals surface area (Å²) in [7, 11) is 0. The Labute approximate surface area is 223 Å². The van der Waals surface area contributed by atoms with Crippen molar-refractivity contribution in [2.24, 2.45) is 0 Å². The zero-order valence-electron chi connectivity index (χ0n) is 23.4. The molecule has 0 radical (unpaired) electrons. The second kappa shape index (κ2) is 20.4. The van der Waals surface area contributed by atoms with E-state index in [0.717, 1.165) is 38.6 Å². The lowest BCUT2D eigenvalue weighted by atomic mass is 9.97. The van der Waals surface area contributed by atoms with Gasteiger partial charge in [-0.3, -0.25) is 14.5 Å². The molecule has 0 saturated carbocycles. The Morgan fingerprint density at radius 3 is 2.00 bits per heavy atom. The molecule has 8 nitrogen and oxygen atoms in total. The summed E-state index contributed by atoms with van der Waals surface area (Å²) in [4.78, 5) is 36.3. The molecule has 0 atom stereocenters. The lowest BCUT2D eigenvalue weighted by Gasteiger charge is -2.21. The zero-order valence-corrected chi connectivity index (χ0v) is 23.4. The van der Waals surface area contributed by atoms with Crippen LogP contribution >= 0.6 is 0 Å². The lowest BCUT2D eigenvalue weighted by molar-refractivity contribution is -0.144. The van der Waals surface area contributed by atoms with Crippen molar-refractivity contribution in [3.05, 3.63) is 42.5 Å². The van der Waals surface area contributed by atoms with Gasteiger partial charge >= 0.3 is 11.9 Å². The number of ether oxygens (including phenoxy) is 3. The minimum atomic E-state index is -1.39. The smallest absolute Gasteiger partial charge is 0.330 e. The minimum absolute atomic E-state index is 0.150. The first-order valence-electron chi connectivity index (χ1n) is 13.3. The molecule has 1 N–H and O–H groups in total. The van der Waals surface area contributed by atoms with Crippen LogP contribution in [0.1, 0.15) is 83.5 Å². The predicted molar refractivity (Wildman–Crippen MR) is 146 cm³/mol. The number of nitrogens with zero attached hydrogens (tertiary/aromatic N) is 1. The molecular weight excluding hydrogens is 474 g/mol. The van der Waals surface area contributed by atoms with E-state index in [1.54, 1.807) is 24.3 Å². The molecule has 0 heterocycles. The first kappa shape index (κ1) is 34.3. The largest absolute Gasteiger partial charge is 0.492 e. The average Bonchev–Trinajstić information content (AvgIpc) is 2.87. The van der Waals surface area contributed by atoms with Gasteiger partial charge in [0.25, 0.3) is 0 Å². The topological polar surface area (TPSA) is 102 Å². The number of ketones is 1. The van der Waals surface area contributed by atoms with Crippen LogP contribution in [-0.2, 0) is 19.1 Å². The van der Waals surface area contributed by atoms with Crippen LogP contribution in [-0.4, -0.2) is 72.8 Å². The van der Waals surface area contributed by atoms with E-state index in [1.807, 2.05) is 6.92 Å². The molecule has 37 heavy (non-hydrogen) atoms. The molecule has 0 fully saturated rings. The number of carbonyl (C=O) groups is 3. The monoisotopic (exact) mass is 521 g/mol. The number of hydrogen-bond donors (Lipinski definition) is 1. The second-order valence-electron chi connectivity index (χ2n) is 9.15. The van der Waals surface area contributed by atoms with Crippen molar-refractivity contribution in [2.75, 3.05) is 39.5 Å². The summed E-state index contributed by atoms with van der Waals surface area (Å²) in [5.74, 6) is -0.132. The Morgan fingerprint density at radius 1 is 0.892 bits per heavy atom. The number of rotatable bonds is 18. The molecule has 0 spiro atoms. The highest BCUT2D eigenvalue weighted by atomic mass is 16.5. The van der Waals surface area contributed by atoms with Crippen molar-refractivity contribution >= 4 is 17.7 Å². The van der Waals surface area contributed by atoms with Gasteiger partial charge in [-0.2, -0.15) is 0 Å². The van der Waals surface area contributed by atoms with Gasteiger partial charge in [0.05, 0.1) is 19.6 Å². The molecule has 1 aromatic carbocycles. The van der Waals surface area contributed by atoms with Gasteiger partial charge in [0.2, 0.25) is 0 Å². The third-order valence-electron chi connectivity index (χ3n) is 5.19. The average molecular weight is 522 g/mol. The van der Waals surface area contributed by atoms with Gasteiger partial charge in [-0.1, -0.05) is 40.2 Å². The summed E-state index contributed by atoms with van der Waals surface area (Å²) in [6, 6.07) is 6.78. The highest BCUT2D eigenvalue weighted by Crippen LogP contribution is 2.17. The van der Waals surface area contributed by atoms with Gasteiger partial charge in [0.1, 0.15) is 18.0 Å². The fourth-order valence-corrected chi connectivity index (χ4v) is 3.03. The van der Waals surface area contributed by atoms with E-state index < -0.39 is 5.60 Å². The molecule has 0 aliphatic heterocycles. The molecule has 1 aromatic rings. The zero-order chi connectivity index (χ0) is 28.1. The maximum absolute atomic E-state index is 12.0. The van der Waals surface area contributed by atoms with E-state index in [1.165, 1.54) is 19.9 Å². The van der Waals surface area contributed by atoms with E-state index in [4.69, 9.17) is 9.47 Å². The number of hydrogen-bond acceptors (Lipinski definition) is 8. The van der Waals surface area contributed by atoms with Crippen LogP contribution in [0.15, 0.2) is 36.9 Å². The molecular formula is C29H47NO7. The van der Waals surface area contributed by atoms with E-state index in [-0.39, 0.29) is 17.7 Å². The van der Waals surface area contributed by atoms with Crippen LogP contribution < -0.4 is 4.74 Å². The fourth-order valence-electron chi connectivity index (χ4n) is 3.03. The molecule has 0 aliphatic carbocycles. The fraction of sp³-hybridized carbons (Fsp3) is 0.621. The second-order valence-corrected chi connectivity index (χ2v) is 9.15. The number of unbranched alkanes of at least 4 members (excludes halogenated alkanes) is 2. The van der Waals surface area contributed by atoms with Crippen LogP contribution in [0.5, 0.6) is 5.75 Å². The molecule has 0 saturated heterocycles. The Balaban J connectivity index is 0.00000122. The van der Waals surface area contributed by atoms with Crippen LogP contribution in [0, 0.1) is 0 Å². The van der Waals surface area contributed by atoms with Crippen LogP contribution in [0.4, 0.5) is 0 Å². The SMILES string of the molecule is C=CC(=O)OCCCC.CCCCOC(=O)CCN(CCC)CCOc1ccc(C(=O)C(C)(C)O)cc1. The summed E-state index contributed by atoms with van der Waals surface area (Å²) >= 11 is 0. The standard InChI is InChI=1S/C22H35NO5.C7H12O2/c1-5-7-16-28-20(24)12-14-23(13-6-2)15-17-27-19-10-8-18(9-11-19)21(25)22(3,4)26;1-3-5-6-9-7(8)4-2/h8-11,26H,5-7,12-17H2,1-4H3;4H,2-3,5-6H2,1H3. The predicted octanol–water partition coefficient (Wildman–Crippen LogP) is 4.98. The summed E-state index contributed by atoms with van der Waals surface area (Å²) in [6.07, 6.45) is 6.45. The van der Waals surface area contributed by atoms with Gasteiger partial charge in [0.15, 0.2) is 5.78 Å². The molecule has 0 unspecified atom stereocenters. The Bertz CT molecular complexity index is 784. The van der Waals surface area contributed by atoms with Crippen LogP contribution in [0.2, 0.25) is 0 Å². The third-order valence-corrected chi connectivity index (χ3v) is 5.19. The molecule has 8 heteroatoms. The van der Waals surface area contributed by atoms with Crippen molar-refractivity contribution in [2.45, 2.75) is 78.7 Å². The Morgan fingerprint density at radius 2 is 1.49 bits per heavy atom. The number of carbonyl (C=O) groups excluding carboxylic acids is 3. The first-order valence-corrected chi connectivity index (χ1v) is 13.3. The van der Waals surface area contributed by atoms with Crippen molar-refractivity contribution in [3.63, 3.8) is 0 Å². The normalized spacial score (nSPS) is 10.8. The third kappa shape index (κ3) is 17.4. The first-order chi connectivity index (χ1) is 17.6. The van der Waals surface area contributed by atoms with E-state index >= 15 is 0 Å². The maximum Gasteiger partial charge on any atom is 0.330 e. The number of aliphatic hydroxyl groups is 1. The highest BCUT2D eigenvalue weighted by Gasteiger charge is 2.24. The molecule has 0 bridgehead atoms. The van der Waals surface area contributed by atoms with E-state index in [9.17, 15) is 19.5 Å². The number of benzene rings is 1. The van der Waals surface area contributed by atoms with Gasteiger partial charge in [-0.05, 0) is 63.9 Å². The molecule has 210 valence electrons. The molecule has 0 aliphatic rings. The Hall–Kier alpha value is -2.71. The van der Waals surface area contributed by atoms with Gasteiger partial charge in [-0.25, -0.2) is 4.79 Å². The molecule has 0 amide bonds. The summed E-state index contributed by atoms with van der Waals surface area (Å²) < 4.78 is 15.6. The van der Waals surface area contributed by atoms with Gasteiger partial charge in [0, 0.05) is 24.7 Å². The van der Waals surface area contributed by atoms with E-state index in [2.05, 4.69) is 30.1 Å². The molecule has 1 rings (SSSR count). The van der Waals surface area contributed by atoms with Crippen molar-refractivity contribution < 1.29 is 33.7 Å². The summed E-state index contributed by atoms with van der Waals surface area (Å²) in [5, 5.41) is 9.79. The number of Topliss-reactive ketones (excluding diaryl/α,β-unsaturated/α-hetero) is 1. The number of esters is 2. The van der Waals surface area contributed by atoms with Crippen molar-refractivity contribution in [1.29, 1.82) is 0 Å². The minimum Gasteiger partial charge on any atom is -0.492 e. The summed E-state index contributed by atoms with van der Waals surface area (Å²) in [5.41, 5.74) is -0.935. The van der Waals surface area contributed by atoms with Crippen molar-refractivity contribution in [3.8, 4) is 5.75 Å². The maximum atomic E-state index is 12.0. The van der Waals surface area contributed by atoms with Gasteiger partial charge in [-0.15, -0.1) is 0 Å². The van der Waals surface area contributed by atoms with Crippen LogP contribution in [0.3, 0.4) is 0 Å².